The Hall–Kier alpha value is -3.93. The summed E-state index contributed by atoms with van der Waals surface area (Å²) in [6.07, 6.45) is 1.69. The van der Waals surface area contributed by atoms with Crippen LogP contribution in [0.15, 0.2) is 85.1 Å². The van der Waals surface area contributed by atoms with Gasteiger partial charge in [0.15, 0.2) is 0 Å². The molecule has 1 amide bonds. The average Bonchev–Trinajstić information content (AvgIpc) is 3.21. The molecule has 4 aromatic rings. The van der Waals surface area contributed by atoms with Crippen LogP contribution in [0.2, 0.25) is 0 Å². The first-order valence-corrected chi connectivity index (χ1v) is 9.51. The number of nitrogens with zero attached hydrogens (tertiary/aromatic N) is 3. The molecule has 0 radical (unpaired) electrons. The highest BCUT2D eigenvalue weighted by Crippen LogP contribution is 2.26. The molecule has 0 spiro atoms. The second kappa shape index (κ2) is 8.21. The fraction of sp³-hybridized carbons (Fsp3) is 0.0833. The highest BCUT2D eigenvalue weighted by molar-refractivity contribution is 6.08. The van der Waals surface area contributed by atoms with Gasteiger partial charge < -0.3 is 10.2 Å². The SMILES string of the molecule is CN(C)c1cccc(NC(=O)c2cn(-c3ccccc3)nc2-c2ccc(F)cc2)c1. The van der Waals surface area contributed by atoms with Crippen LogP contribution in [0.5, 0.6) is 0 Å². The number of para-hydroxylation sites is 1. The van der Waals surface area contributed by atoms with Gasteiger partial charge in [0.2, 0.25) is 0 Å². The fourth-order valence-corrected chi connectivity index (χ4v) is 3.13. The van der Waals surface area contributed by atoms with E-state index in [0.29, 0.717) is 22.5 Å². The molecule has 0 fully saturated rings. The Morgan fingerprint density at radius 2 is 1.70 bits per heavy atom. The van der Waals surface area contributed by atoms with Crippen molar-refractivity contribution in [3.05, 3.63) is 96.4 Å². The Morgan fingerprint density at radius 3 is 2.40 bits per heavy atom. The minimum absolute atomic E-state index is 0.285. The number of anilines is 2. The van der Waals surface area contributed by atoms with Crippen LogP contribution in [0.3, 0.4) is 0 Å². The van der Waals surface area contributed by atoms with Gasteiger partial charge in [-0.1, -0.05) is 24.3 Å². The van der Waals surface area contributed by atoms with Gasteiger partial charge >= 0.3 is 0 Å². The van der Waals surface area contributed by atoms with Crippen LogP contribution >= 0.6 is 0 Å². The van der Waals surface area contributed by atoms with E-state index in [-0.39, 0.29) is 11.7 Å². The number of benzene rings is 3. The van der Waals surface area contributed by atoms with Crippen molar-refractivity contribution in [2.45, 2.75) is 0 Å². The van der Waals surface area contributed by atoms with Crippen molar-refractivity contribution in [1.29, 1.82) is 0 Å². The number of hydrogen-bond acceptors (Lipinski definition) is 3. The number of rotatable bonds is 5. The zero-order chi connectivity index (χ0) is 21.1. The van der Waals surface area contributed by atoms with Gasteiger partial charge in [0, 0.05) is 37.2 Å². The van der Waals surface area contributed by atoms with Gasteiger partial charge in [-0.3, -0.25) is 4.79 Å². The molecule has 3 aromatic carbocycles. The monoisotopic (exact) mass is 400 g/mol. The number of aromatic nitrogens is 2. The number of carbonyl (C=O) groups is 1. The molecule has 1 heterocycles. The van der Waals surface area contributed by atoms with Crippen molar-refractivity contribution in [3.63, 3.8) is 0 Å². The summed E-state index contributed by atoms with van der Waals surface area (Å²) >= 11 is 0. The first-order chi connectivity index (χ1) is 14.5. The fourth-order valence-electron chi connectivity index (χ4n) is 3.13. The molecule has 150 valence electrons. The Labute approximate surface area is 174 Å². The Balaban J connectivity index is 1.73. The summed E-state index contributed by atoms with van der Waals surface area (Å²) in [6, 6.07) is 23.1. The molecular weight excluding hydrogens is 379 g/mol. The van der Waals surface area contributed by atoms with Crippen molar-refractivity contribution in [2.24, 2.45) is 0 Å². The van der Waals surface area contributed by atoms with Crippen molar-refractivity contribution < 1.29 is 9.18 Å². The van der Waals surface area contributed by atoms with E-state index in [4.69, 9.17) is 0 Å². The van der Waals surface area contributed by atoms with E-state index in [2.05, 4.69) is 10.4 Å². The number of halogens is 1. The third-order valence-electron chi connectivity index (χ3n) is 4.72. The number of nitrogens with one attached hydrogen (secondary N) is 1. The lowest BCUT2D eigenvalue weighted by molar-refractivity contribution is 0.102. The van der Waals surface area contributed by atoms with Gasteiger partial charge in [0.05, 0.1) is 11.3 Å². The lowest BCUT2D eigenvalue weighted by Crippen LogP contribution is -2.13. The van der Waals surface area contributed by atoms with Crippen molar-refractivity contribution in [1.82, 2.24) is 9.78 Å². The van der Waals surface area contributed by atoms with E-state index in [1.54, 1.807) is 23.0 Å². The average molecular weight is 400 g/mol. The third kappa shape index (κ3) is 4.07. The van der Waals surface area contributed by atoms with Crippen LogP contribution in [-0.4, -0.2) is 29.8 Å². The molecule has 1 N–H and O–H groups in total. The summed E-state index contributed by atoms with van der Waals surface area (Å²) < 4.78 is 15.1. The minimum Gasteiger partial charge on any atom is -0.378 e. The number of hydrogen-bond donors (Lipinski definition) is 1. The summed E-state index contributed by atoms with van der Waals surface area (Å²) in [5.74, 6) is -0.625. The zero-order valence-corrected chi connectivity index (χ0v) is 16.7. The van der Waals surface area contributed by atoms with E-state index < -0.39 is 0 Å². The number of amides is 1. The Morgan fingerprint density at radius 1 is 0.967 bits per heavy atom. The quantitative estimate of drug-likeness (QED) is 0.513. The molecule has 0 aliphatic rings. The lowest BCUT2D eigenvalue weighted by Gasteiger charge is -2.14. The van der Waals surface area contributed by atoms with Gasteiger partial charge in [-0.2, -0.15) is 5.10 Å². The van der Waals surface area contributed by atoms with Crippen LogP contribution in [0.1, 0.15) is 10.4 Å². The molecule has 0 aliphatic heterocycles. The molecule has 0 atom stereocenters. The summed E-state index contributed by atoms with van der Waals surface area (Å²) in [6.45, 7) is 0. The van der Waals surface area contributed by atoms with Gasteiger partial charge in [-0.25, -0.2) is 9.07 Å². The Kier molecular flexibility index (Phi) is 5.30. The highest BCUT2D eigenvalue weighted by atomic mass is 19.1. The molecule has 30 heavy (non-hydrogen) atoms. The smallest absolute Gasteiger partial charge is 0.259 e. The van der Waals surface area contributed by atoms with E-state index in [1.165, 1.54) is 12.1 Å². The van der Waals surface area contributed by atoms with Crippen molar-refractivity contribution in [3.8, 4) is 16.9 Å². The largest absolute Gasteiger partial charge is 0.378 e. The molecule has 4 rings (SSSR count). The van der Waals surface area contributed by atoms with Gasteiger partial charge in [-0.15, -0.1) is 0 Å². The molecule has 5 nitrogen and oxygen atoms in total. The maximum Gasteiger partial charge on any atom is 0.259 e. The molecule has 0 aliphatic carbocycles. The number of carbonyl (C=O) groups excluding carboxylic acids is 1. The van der Waals surface area contributed by atoms with Gasteiger partial charge in [0.25, 0.3) is 5.91 Å². The second-order valence-electron chi connectivity index (χ2n) is 7.08. The maximum absolute atomic E-state index is 13.4. The summed E-state index contributed by atoms with van der Waals surface area (Å²) in [7, 11) is 3.88. The normalized spacial score (nSPS) is 10.6. The van der Waals surface area contributed by atoms with Crippen molar-refractivity contribution in [2.75, 3.05) is 24.3 Å². The topological polar surface area (TPSA) is 50.2 Å². The van der Waals surface area contributed by atoms with Crippen LogP contribution in [0.4, 0.5) is 15.8 Å². The standard InChI is InChI=1S/C24H21FN4O/c1-28(2)21-10-6-7-19(15-21)26-24(30)22-16-29(20-8-4-3-5-9-20)27-23(22)17-11-13-18(25)14-12-17/h3-16H,1-2H3,(H,26,30). The molecule has 0 bridgehead atoms. The Bertz CT molecular complexity index is 1170. The van der Waals surface area contributed by atoms with E-state index in [9.17, 15) is 9.18 Å². The summed E-state index contributed by atoms with van der Waals surface area (Å²) in [5, 5.41) is 7.56. The van der Waals surface area contributed by atoms with Crippen LogP contribution in [0.25, 0.3) is 16.9 Å². The van der Waals surface area contributed by atoms with Crippen LogP contribution in [0, 0.1) is 5.82 Å². The van der Waals surface area contributed by atoms with Crippen molar-refractivity contribution >= 4 is 17.3 Å². The van der Waals surface area contributed by atoms with Gasteiger partial charge in [0.1, 0.15) is 11.5 Å². The lowest BCUT2D eigenvalue weighted by atomic mass is 10.1. The molecular formula is C24H21FN4O. The predicted octanol–water partition coefficient (Wildman–Crippen LogP) is 5.00. The summed E-state index contributed by atoms with van der Waals surface area (Å²) in [5.41, 5.74) is 4.05. The van der Waals surface area contributed by atoms with Gasteiger partial charge in [-0.05, 0) is 54.6 Å². The van der Waals surface area contributed by atoms with Crippen LogP contribution < -0.4 is 10.2 Å². The summed E-state index contributed by atoms with van der Waals surface area (Å²) in [4.78, 5) is 15.1. The minimum atomic E-state index is -0.340. The molecule has 0 saturated carbocycles. The van der Waals surface area contributed by atoms with E-state index in [0.717, 1.165) is 11.4 Å². The highest BCUT2D eigenvalue weighted by Gasteiger charge is 2.19. The van der Waals surface area contributed by atoms with E-state index >= 15 is 0 Å². The molecule has 0 saturated heterocycles. The zero-order valence-electron chi connectivity index (χ0n) is 16.7. The molecule has 6 heteroatoms. The van der Waals surface area contributed by atoms with Crippen LogP contribution in [-0.2, 0) is 0 Å². The maximum atomic E-state index is 13.4. The first kappa shape index (κ1) is 19.4. The first-order valence-electron chi connectivity index (χ1n) is 9.51. The van der Waals surface area contributed by atoms with E-state index in [1.807, 2.05) is 73.6 Å². The predicted molar refractivity (Wildman–Crippen MR) is 118 cm³/mol. The molecule has 1 aromatic heterocycles. The third-order valence-corrected chi connectivity index (χ3v) is 4.72. The molecule has 0 unspecified atom stereocenters. The second-order valence-corrected chi connectivity index (χ2v) is 7.08.